The molecule has 2 N–H and O–H groups in total. The molecular formula is C15H11FN2O3. The van der Waals surface area contributed by atoms with E-state index in [4.69, 9.17) is 4.52 Å². The Bertz CT molecular complexity index is 748. The second kappa shape index (κ2) is 4.90. The quantitative estimate of drug-likeness (QED) is 0.707. The van der Waals surface area contributed by atoms with E-state index in [1.165, 1.54) is 24.3 Å². The lowest BCUT2D eigenvalue weighted by Crippen LogP contribution is -1.86. The van der Waals surface area contributed by atoms with Gasteiger partial charge in [-0.1, -0.05) is 17.3 Å². The molecule has 0 saturated heterocycles. The highest BCUT2D eigenvalue weighted by Crippen LogP contribution is 2.30. The van der Waals surface area contributed by atoms with Crippen molar-refractivity contribution < 1.29 is 19.1 Å². The van der Waals surface area contributed by atoms with Crippen molar-refractivity contribution in [3.05, 3.63) is 47.8 Å². The molecule has 21 heavy (non-hydrogen) atoms. The molecule has 0 aliphatic rings. The standard InChI is InChI=1S/C15H11FN2O3/c1-8-2-3-9(6-11(8)16)14-17-15(21-18-14)10-4-5-12(19)13(20)7-10/h2-7,19-20H,1H3. The molecule has 3 aromatic rings. The van der Waals surface area contributed by atoms with Gasteiger partial charge in [-0.05, 0) is 36.8 Å². The Kier molecular flexibility index (Phi) is 3.06. The van der Waals surface area contributed by atoms with Crippen molar-refractivity contribution in [3.63, 3.8) is 0 Å². The zero-order valence-corrected chi connectivity index (χ0v) is 11.0. The molecular weight excluding hydrogens is 275 g/mol. The first-order valence-corrected chi connectivity index (χ1v) is 6.17. The third-order valence-electron chi connectivity index (χ3n) is 3.08. The Balaban J connectivity index is 1.99. The summed E-state index contributed by atoms with van der Waals surface area (Å²) in [5.74, 6) is -0.452. The lowest BCUT2D eigenvalue weighted by molar-refractivity contribution is 0.402. The average Bonchev–Trinajstić information content (AvgIpc) is 2.94. The summed E-state index contributed by atoms with van der Waals surface area (Å²) in [6, 6.07) is 8.82. The van der Waals surface area contributed by atoms with E-state index in [-0.39, 0.29) is 29.0 Å². The molecule has 2 aromatic carbocycles. The first-order chi connectivity index (χ1) is 10.0. The summed E-state index contributed by atoms with van der Waals surface area (Å²) in [4.78, 5) is 4.16. The predicted molar refractivity (Wildman–Crippen MR) is 73.2 cm³/mol. The van der Waals surface area contributed by atoms with E-state index >= 15 is 0 Å². The summed E-state index contributed by atoms with van der Waals surface area (Å²) >= 11 is 0. The number of halogens is 1. The van der Waals surface area contributed by atoms with Crippen molar-refractivity contribution in [2.24, 2.45) is 0 Å². The van der Waals surface area contributed by atoms with Crippen molar-refractivity contribution >= 4 is 0 Å². The highest BCUT2D eigenvalue weighted by Gasteiger charge is 2.13. The van der Waals surface area contributed by atoms with Crippen LogP contribution in [0.25, 0.3) is 22.8 Å². The van der Waals surface area contributed by atoms with Crippen LogP contribution in [0, 0.1) is 12.7 Å². The average molecular weight is 286 g/mol. The molecule has 0 fully saturated rings. The van der Waals surface area contributed by atoms with Crippen molar-refractivity contribution in [1.29, 1.82) is 0 Å². The number of aryl methyl sites for hydroxylation is 1. The van der Waals surface area contributed by atoms with Crippen LogP contribution >= 0.6 is 0 Å². The number of nitrogens with zero attached hydrogens (tertiary/aromatic N) is 2. The minimum absolute atomic E-state index is 0.168. The molecule has 0 bridgehead atoms. The van der Waals surface area contributed by atoms with E-state index in [0.717, 1.165) is 0 Å². The van der Waals surface area contributed by atoms with E-state index in [0.29, 0.717) is 16.7 Å². The molecule has 3 rings (SSSR count). The normalized spacial score (nSPS) is 10.8. The van der Waals surface area contributed by atoms with Crippen LogP contribution in [0.15, 0.2) is 40.9 Å². The van der Waals surface area contributed by atoms with Crippen LogP contribution in [0.1, 0.15) is 5.56 Å². The van der Waals surface area contributed by atoms with E-state index in [9.17, 15) is 14.6 Å². The SMILES string of the molecule is Cc1ccc(-c2noc(-c3ccc(O)c(O)c3)n2)cc1F. The molecule has 0 aliphatic carbocycles. The third kappa shape index (κ3) is 2.43. The maximum absolute atomic E-state index is 13.5. The minimum Gasteiger partial charge on any atom is -0.504 e. The number of aromatic hydroxyl groups is 2. The van der Waals surface area contributed by atoms with Crippen LogP contribution < -0.4 is 0 Å². The Morgan fingerprint density at radius 1 is 1.00 bits per heavy atom. The zero-order chi connectivity index (χ0) is 15.0. The number of hydrogen-bond acceptors (Lipinski definition) is 5. The van der Waals surface area contributed by atoms with Gasteiger partial charge < -0.3 is 14.7 Å². The van der Waals surface area contributed by atoms with E-state index < -0.39 is 0 Å². The molecule has 0 atom stereocenters. The molecule has 6 heteroatoms. The minimum atomic E-state index is -0.346. The van der Waals surface area contributed by atoms with Gasteiger partial charge in [0.15, 0.2) is 11.5 Å². The van der Waals surface area contributed by atoms with Crippen LogP contribution in [-0.4, -0.2) is 20.4 Å². The smallest absolute Gasteiger partial charge is 0.258 e. The monoisotopic (exact) mass is 286 g/mol. The van der Waals surface area contributed by atoms with Crippen molar-refractivity contribution in [2.45, 2.75) is 6.92 Å². The Labute approximate surface area is 119 Å². The first-order valence-electron chi connectivity index (χ1n) is 6.17. The summed E-state index contributed by atoms with van der Waals surface area (Å²) in [6.07, 6.45) is 0. The Hall–Kier alpha value is -2.89. The predicted octanol–water partition coefficient (Wildman–Crippen LogP) is 3.26. The number of rotatable bonds is 2. The van der Waals surface area contributed by atoms with Gasteiger partial charge >= 0.3 is 0 Å². The molecule has 0 aliphatic heterocycles. The van der Waals surface area contributed by atoms with Crippen molar-refractivity contribution in [1.82, 2.24) is 10.1 Å². The highest BCUT2D eigenvalue weighted by atomic mass is 19.1. The second-order valence-corrected chi connectivity index (χ2v) is 4.59. The van der Waals surface area contributed by atoms with Gasteiger partial charge in [0.1, 0.15) is 5.82 Å². The van der Waals surface area contributed by atoms with Gasteiger partial charge in [-0.3, -0.25) is 0 Å². The van der Waals surface area contributed by atoms with Gasteiger partial charge in [0, 0.05) is 11.1 Å². The van der Waals surface area contributed by atoms with Gasteiger partial charge in [0.05, 0.1) is 0 Å². The topological polar surface area (TPSA) is 79.4 Å². The largest absolute Gasteiger partial charge is 0.504 e. The van der Waals surface area contributed by atoms with Crippen LogP contribution in [0.5, 0.6) is 11.5 Å². The summed E-state index contributed by atoms with van der Waals surface area (Å²) < 4.78 is 18.6. The molecule has 0 radical (unpaired) electrons. The van der Waals surface area contributed by atoms with E-state index in [2.05, 4.69) is 10.1 Å². The van der Waals surface area contributed by atoms with Crippen LogP contribution in [-0.2, 0) is 0 Å². The summed E-state index contributed by atoms with van der Waals surface area (Å²) in [5.41, 5.74) is 1.48. The fourth-order valence-corrected chi connectivity index (χ4v) is 1.85. The Morgan fingerprint density at radius 2 is 1.76 bits per heavy atom. The molecule has 0 saturated carbocycles. The number of phenolic OH excluding ortho intramolecular Hbond substituents is 2. The maximum atomic E-state index is 13.5. The molecule has 5 nitrogen and oxygen atoms in total. The van der Waals surface area contributed by atoms with Gasteiger partial charge in [-0.25, -0.2) is 4.39 Å². The molecule has 1 heterocycles. The van der Waals surface area contributed by atoms with Crippen LogP contribution in [0.4, 0.5) is 4.39 Å². The number of benzene rings is 2. The number of phenols is 2. The first kappa shape index (κ1) is 13.1. The van der Waals surface area contributed by atoms with Gasteiger partial charge in [0.25, 0.3) is 5.89 Å². The molecule has 106 valence electrons. The molecule has 0 amide bonds. The maximum Gasteiger partial charge on any atom is 0.258 e. The Morgan fingerprint density at radius 3 is 2.48 bits per heavy atom. The summed E-state index contributed by atoms with van der Waals surface area (Å²) in [7, 11) is 0. The number of hydrogen-bond donors (Lipinski definition) is 2. The fraction of sp³-hybridized carbons (Fsp3) is 0.0667. The van der Waals surface area contributed by atoms with E-state index in [1.54, 1.807) is 19.1 Å². The molecule has 1 aromatic heterocycles. The van der Waals surface area contributed by atoms with Gasteiger partial charge in [0.2, 0.25) is 5.82 Å². The van der Waals surface area contributed by atoms with Gasteiger partial charge in [-0.2, -0.15) is 4.98 Å². The van der Waals surface area contributed by atoms with Crippen molar-refractivity contribution in [2.75, 3.05) is 0 Å². The summed E-state index contributed by atoms with van der Waals surface area (Å²) in [5, 5.41) is 22.5. The summed E-state index contributed by atoms with van der Waals surface area (Å²) in [6.45, 7) is 1.67. The van der Waals surface area contributed by atoms with Crippen molar-refractivity contribution in [3.8, 4) is 34.3 Å². The van der Waals surface area contributed by atoms with E-state index in [1.807, 2.05) is 0 Å². The number of aromatic nitrogens is 2. The third-order valence-corrected chi connectivity index (χ3v) is 3.08. The van der Waals surface area contributed by atoms with Gasteiger partial charge in [-0.15, -0.1) is 0 Å². The van der Waals surface area contributed by atoms with Crippen LogP contribution in [0.2, 0.25) is 0 Å². The lowest BCUT2D eigenvalue weighted by atomic mass is 10.1. The highest BCUT2D eigenvalue weighted by molar-refractivity contribution is 5.62. The fourth-order valence-electron chi connectivity index (χ4n) is 1.85. The molecule has 0 unspecified atom stereocenters. The lowest BCUT2D eigenvalue weighted by Gasteiger charge is -1.99. The molecule has 0 spiro atoms. The van der Waals surface area contributed by atoms with Crippen LogP contribution in [0.3, 0.4) is 0 Å². The zero-order valence-electron chi connectivity index (χ0n) is 11.0. The second-order valence-electron chi connectivity index (χ2n) is 4.59.